The molecule has 0 aromatic rings. The number of aldehydes is 1. The minimum absolute atomic E-state index is 0.0272. The van der Waals surface area contributed by atoms with Crippen molar-refractivity contribution < 1.29 is 19.4 Å². The molecule has 5 heteroatoms. The van der Waals surface area contributed by atoms with Crippen molar-refractivity contribution in [3.05, 3.63) is 0 Å². The number of aliphatic hydroxyl groups is 1. The van der Waals surface area contributed by atoms with Gasteiger partial charge in [-0.25, -0.2) is 0 Å². The molecular formula is C14H28O4Si. The third kappa shape index (κ3) is 2.53. The number of rotatable bonds is 3. The fraction of sp³-hybridized carbons (Fsp3) is 0.929. The first-order chi connectivity index (χ1) is 8.52. The Kier molecular flexibility index (Phi) is 4.67. The van der Waals surface area contributed by atoms with Gasteiger partial charge in [-0.15, -0.1) is 0 Å². The normalized spacial score (nSPS) is 37.2. The van der Waals surface area contributed by atoms with Crippen LogP contribution in [0.1, 0.15) is 34.1 Å². The highest BCUT2D eigenvalue weighted by Crippen LogP contribution is 2.50. The highest BCUT2D eigenvalue weighted by molar-refractivity contribution is 6.83. The monoisotopic (exact) mass is 288 g/mol. The Morgan fingerprint density at radius 1 is 1.42 bits per heavy atom. The zero-order valence-electron chi connectivity index (χ0n) is 13.2. The zero-order chi connectivity index (χ0) is 15.1. The lowest BCUT2D eigenvalue weighted by atomic mass is 9.92. The standard InChI is InChI=1S/C14H28O4Si/c1-10-14(16,19(6,7)13(2,3)4)11(9-15)8-12(17-5)18-10/h9-12,16H,8H2,1-7H3/t10-,11+,12+,14+/m0/s1. The molecule has 0 amide bonds. The molecule has 1 aliphatic heterocycles. The van der Waals surface area contributed by atoms with Gasteiger partial charge in [0, 0.05) is 19.4 Å². The van der Waals surface area contributed by atoms with E-state index in [2.05, 4.69) is 33.9 Å². The van der Waals surface area contributed by atoms with Crippen molar-refractivity contribution in [3.8, 4) is 0 Å². The summed E-state index contributed by atoms with van der Waals surface area (Å²) in [5.41, 5.74) is 0. The summed E-state index contributed by atoms with van der Waals surface area (Å²) >= 11 is 0. The molecule has 1 N–H and O–H groups in total. The van der Waals surface area contributed by atoms with Gasteiger partial charge in [0.05, 0.1) is 19.4 Å². The van der Waals surface area contributed by atoms with E-state index >= 15 is 0 Å². The molecule has 1 fully saturated rings. The lowest BCUT2D eigenvalue weighted by Crippen LogP contribution is -2.72. The topological polar surface area (TPSA) is 55.8 Å². The van der Waals surface area contributed by atoms with Gasteiger partial charge in [0.2, 0.25) is 0 Å². The van der Waals surface area contributed by atoms with E-state index in [1.165, 1.54) is 0 Å². The SMILES string of the molecule is CO[C@H]1C[C@H](C=O)[C@](O)([Si](C)(C)C(C)(C)C)[C@H](C)O1. The van der Waals surface area contributed by atoms with Crippen LogP contribution in [0.25, 0.3) is 0 Å². The van der Waals surface area contributed by atoms with Crippen LogP contribution in [0, 0.1) is 5.92 Å². The quantitative estimate of drug-likeness (QED) is 0.640. The van der Waals surface area contributed by atoms with E-state index in [0.29, 0.717) is 6.42 Å². The molecule has 19 heavy (non-hydrogen) atoms. The number of ether oxygens (including phenoxy) is 2. The van der Waals surface area contributed by atoms with E-state index in [4.69, 9.17) is 9.47 Å². The van der Waals surface area contributed by atoms with Crippen molar-refractivity contribution in [1.29, 1.82) is 0 Å². The molecular weight excluding hydrogens is 260 g/mol. The fourth-order valence-corrected chi connectivity index (χ4v) is 6.36. The summed E-state index contributed by atoms with van der Waals surface area (Å²) in [6, 6.07) is 0. The van der Waals surface area contributed by atoms with Crippen molar-refractivity contribution in [1.82, 2.24) is 0 Å². The van der Waals surface area contributed by atoms with Crippen LogP contribution in [0.4, 0.5) is 0 Å². The Morgan fingerprint density at radius 3 is 2.32 bits per heavy atom. The molecule has 4 nitrogen and oxygen atoms in total. The average molecular weight is 288 g/mol. The summed E-state index contributed by atoms with van der Waals surface area (Å²) in [5, 5.41) is 10.2. The molecule has 1 saturated heterocycles. The number of hydrogen-bond acceptors (Lipinski definition) is 4. The van der Waals surface area contributed by atoms with Gasteiger partial charge < -0.3 is 19.4 Å². The molecule has 1 aliphatic rings. The molecule has 0 unspecified atom stereocenters. The Bertz CT molecular complexity index is 337. The largest absolute Gasteiger partial charge is 0.390 e. The number of carbonyl (C=O) groups is 1. The second kappa shape index (κ2) is 5.28. The second-order valence-corrected chi connectivity index (χ2v) is 12.7. The summed E-state index contributed by atoms with van der Waals surface area (Å²) in [6.07, 6.45) is 0.497. The lowest BCUT2D eigenvalue weighted by molar-refractivity contribution is -0.236. The predicted molar refractivity (Wildman–Crippen MR) is 77.7 cm³/mol. The molecule has 0 radical (unpaired) electrons. The van der Waals surface area contributed by atoms with E-state index in [-0.39, 0.29) is 5.04 Å². The first-order valence-corrected chi connectivity index (χ1v) is 9.88. The minimum Gasteiger partial charge on any atom is -0.390 e. The summed E-state index contributed by atoms with van der Waals surface area (Å²) in [6.45, 7) is 12.5. The maximum Gasteiger partial charge on any atom is 0.158 e. The molecule has 0 aromatic carbocycles. The van der Waals surface area contributed by atoms with Crippen molar-refractivity contribution in [3.63, 3.8) is 0 Å². The molecule has 0 bridgehead atoms. The Hall–Kier alpha value is -0.233. The number of hydrogen-bond donors (Lipinski definition) is 1. The van der Waals surface area contributed by atoms with Crippen LogP contribution in [0.5, 0.6) is 0 Å². The molecule has 0 spiro atoms. The van der Waals surface area contributed by atoms with Gasteiger partial charge in [-0.2, -0.15) is 0 Å². The van der Waals surface area contributed by atoms with Crippen molar-refractivity contribution in [2.45, 2.75) is 69.9 Å². The highest BCUT2D eigenvalue weighted by Gasteiger charge is 2.61. The van der Waals surface area contributed by atoms with E-state index in [9.17, 15) is 9.90 Å². The van der Waals surface area contributed by atoms with Crippen molar-refractivity contribution in [2.75, 3.05) is 7.11 Å². The minimum atomic E-state index is -2.17. The first-order valence-electron chi connectivity index (χ1n) is 6.88. The maximum absolute atomic E-state index is 11.5. The third-order valence-electron chi connectivity index (χ3n) is 5.29. The van der Waals surface area contributed by atoms with E-state index in [0.717, 1.165) is 6.29 Å². The lowest BCUT2D eigenvalue weighted by Gasteiger charge is -2.56. The van der Waals surface area contributed by atoms with Gasteiger partial charge in [0.25, 0.3) is 0 Å². The third-order valence-corrected chi connectivity index (χ3v) is 11.8. The van der Waals surface area contributed by atoms with Gasteiger partial charge >= 0.3 is 0 Å². The first kappa shape index (κ1) is 16.8. The van der Waals surface area contributed by atoms with Crippen molar-refractivity contribution in [2.24, 2.45) is 5.92 Å². The summed E-state index contributed by atoms with van der Waals surface area (Å²) < 4.78 is 11.0. The van der Waals surface area contributed by atoms with Crippen LogP contribution in [0.15, 0.2) is 0 Å². The smallest absolute Gasteiger partial charge is 0.158 e. The molecule has 1 rings (SSSR count). The van der Waals surface area contributed by atoms with Gasteiger partial charge in [-0.1, -0.05) is 33.9 Å². The van der Waals surface area contributed by atoms with Crippen LogP contribution in [0.2, 0.25) is 18.1 Å². The predicted octanol–water partition coefficient (Wildman–Crippen LogP) is 2.36. The number of methoxy groups -OCH3 is 1. The summed E-state index contributed by atoms with van der Waals surface area (Å²) in [4.78, 5) is 11.5. The van der Waals surface area contributed by atoms with Crippen LogP contribution in [0.3, 0.4) is 0 Å². The molecule has 0 aromatic heterocycles. The Morgan fingerprint density at radius 2 is 1.95 bits per heavy atom. The van der Waals surface area contributed by atoms with Crippen molar-refractivity contribution >= 4 is 14.4 Å². The van der Waals surface area contributed by atoms with E-state index in [1.807, 2.05) is 6.92 Å². The molecule has 1 heterocycles. The summed E-state index contributed by atoms with van der Waals surface area (Å²) in [7, 11) is -0.609. The average Bonchev–Trinajstić information content (AvgIpc) is 2.30. The molecule has 0 saturated carbocycles. The molecule has 112 valence electrons. The molecule has 4 atom stereocenters. The molecule has 0 aliphatic carbocycles. The maximum atomic E-state index is 11.5. The van der Waals surface area contributed by atoms with Gasteiger partial charge in [0.1, 0.15) is 6.29 Å². The second-order valence-electron chi connectivity index (χ2n) is 7.12. The Balaban J connectivity index is 3.23. The van der Waals surface area contributed by atoms with Crippen LogP contribution in [-0.2, 0) is 14.3 Å². The van der Waals surface area contributed by atoms with E-state index < -0.39 is 31.6 Å². The van der Waals surface area contributed by atoms with Gasteiger partial charge in [-0.3, -0.25) is 0 Å². The van der Waals surface area contributed by atoms with Gasteiger partial charge in [-0.05, 0) is 12.0 Å². The van der Waals surface area contributed by atoms with Crippen LogP contribution < -0.4 is 0 Å². The van der Waals surface area contributed by atoms with E-state index in [1.54, 1.807) is 7.11 Å². The summed E-state index contributed by atoms with van der Waals surface area (Å²) in [5.74, 6) is -0.429. The fourth-order valence-electron chi connectivity index (χ4n) is 2.96. The zero-order valence-corrected chi connectivity index (χ0v) is 14.2. The van der Waals surface area contributed by atoms with Crippen LogP contribution in [-0.4, -0.2) is 44.2 Å². The number of carbonyl (C=O) groups excluding carboxylic acids is 1. The van der Waals surface area contributed by atoms with Crippen LogP contribution >= 0.6 is 0 Å². The van der Waals surface area contributed by atoms with Gasteiger partial charge in [0.15, 0.2) is 6.29 Å². The Labute approximate surface area is 117 Å². The highest BCUT2D eigenvalue weighted by atomic mass is 28.3.